The molecule has 1 amide bonds. The molecule has 1 aliphatic heterocycles. The molecule has 1 unspecified atom stereocenters. The summed E-state index contributed by atoms with van der Waals surface area (Å²) in [5.74, 6) is -0.315. The van der Waals surface area contributed by atoms with Crippen molar-refractivity contribution in [2.75, 3.05) is 26.2 Å². The molecule has 1 atom stereocenters. The lowest BCUT2D eigenvalue weighted by Gasteiger charge is -2.31. The molecular formula is C22H27FN2O4S. The SMILES string of the molecule is Cc1ccc(OCCNC(=O)C2CCCN(S(=O)(=O)c3ccc(F)cc3)C2)c(C)c1. The molecule has 0 radical (unpaired) electrons. The zero-order chi connectivity index (χ0) is 21.7. The van der Waals surface area contributed by atoms with E-state index in [2.05, 4.69) is 5.32 Å². The Hall–Kier alpha value is -2.45. The Morgan fingerprint density at radius 2 is 1.93 bits per heavy atom. The Morgan fingerprint density at radius 1 is 1.20 bits per heavy atom. The van der Waals surface area contributed by atoms with Crippen molar-refractivity contribution in [2.24, 2.45) is 5.92 Å². The average molecular weight is 435 g/mol. The van der Waals surface area contributed by atoms with E-state index in [0.717, 1.165) is 29.0 Å². The highest BCUT2D eigenvalue weighted by atomic mass is 32.2. The average Bonchev–Trinajstić information content (AvgIpc) is 2.72. The van der Waals surface area contributed by atoms with Crippen LogP contribution in [0, 0.1) is 25.6 Å². The van der Waals surface area contributed by atoms with E-state index in [9.17, 15) is 17.6 Å². The molecule has 30 heavy (non-hydrogen) atoms. The van der Waals surface area contributed by atoms with Crippen LogP contribution in [-0.2, 0) is 14.8 Å². The van der Waals surface area contributed by atoms with E-state index in [1.54, 1.807) is 0 Å². The summed E-state index contributed by atoms with van der Waals surface area (Å²) in [5, 5.41) is 2.84. The number of hydrogen-bond acceptors (Lipinski definition) is 4. The Balaban J connectivity index is 1.52. The fourth-order valence-electron chi connectivity index (χ4n) is 3.57. The van der Waals surface area contributed by atoms with E-state index in [1.807, 2.05) is 32.0 Å². The van der Waals surface area contributed by atoms with Crippen LogP contribution in [-0.4, -0.2) is 44.9 Å². The van der Waals surface area contributed by atoms with Crippen LogP contribution in [0.5, 0.6) is 5.75 Å². The van der Waals surface area contributed by atoms with Gasteiger partial charge in [0.2, 0.25) is 15.9 Å². The Labute approximate surface area is 177 Å². The quantitative estimate of drug-likeness (QED) is 0.680. The number of benzene rings is 2. The van der Waals surface area contributed by atoms with Crippen molar-refractivity contribution in [3.63, 3.8) is 0 Å². The molecule has 0 aromatic heterocycles. The number of halogens is 1. The number of rotatable bonds is 7. The number of nitrogens with one attached hydrogen (secondary N) is 1. The van der Waals surface area contributed by atoms with Crippen molar-refractivity contribution in [3.05, 3.63) is 59.4 Å². The van der Waals surface area contributed by atoms with Gasteiger partial charge in [0.25, 0.3) is 0 Å². The largest absolute Gasteiger partial charge is 0.491 e. The van der Waals surface area contributed by atoms with Crippen LogP contribution in [0.4, 0.5) is 4.39 Å². The number of ether oxygens (including phenoxy) is 1. The highest BCUT2D eigenvalue weighted by Gasteiger charge is 2.33. The molecule has 1 heterocycles. The van der Waals surface area contributed by atoms with Gasteiger partial charge in [-0.2, -0.15) is 4.31 Å². The maximum atomic E-state index is 13.1. The molecule has 0 bridgehead atoms. The maximum Gasteiger partial charge on any atom is 0.243 e. The zero-order valence-electron chi connectivity index (χ0n) is 17.2. The van der Waals surface area contributed by atoms with Gasteiger partial charge in [0.15, 0.2) is 0 Å². The lowest BCUT2D eigenvalue weighted by Crippen LogP contribution is -2.46. The smallest absolute Gasteiger partial charge is 0.243 e. The second-order valence-electron chi connectivity index (χ2n) is 7.56. The second kappa shape index (κ2) is 9.57. The number of nitrogens with zero attached hydrogens (tertiary/aromatic N) is 1. The molecule has 1 saturated heterocycles. The van der Waals surface area contributed by atoms with Crippen molar-refractivity contribution in [1.82, 2.24) is 9.62 Å². The van der Waals surface area contributed by atoms with Gasteiger partial charge in [-0.1, -0.05) is 17.7 Å². The van der Waals surface area contributed by atoms with Crippen LogP contribution in [0.3, 0.4) is 0 Å². The minimum Gasteiger partial charge on any atom is -0.491 e. The number of amides is 1. The van der Waals surface area contributed by atoms with E-state index in [4.69, 9.17) is 4.74 Å². The maximum absolute atomic E-state index is 13.1. The third-order valence-corrected chi connectivity index (χ3v) is 7.07. The predicted octanol–water partition coefficient (Wildman–Crippen LogP) is 3.04. The summed E-state index contributed by atoms with van der Waals surface area (Å²) in [6.45, 7) is 5.12. The van der Waals surface area contributed by atoms with Crippen molar-refractivity contribution in [3.8, 4) is 5.75 Å². The number of carbonyl (C=O) groups is 1. The first-order valence-corrected chi connectivity index (χ1v) is 11.4. The molecule has 2 aromatic carbocycles. The van der Waals surface area contributed by atoms with Gasteiger partial charge in [-0.3, -0.25) is 4.79 Å². The number of carbonyl (C=O) groups excluding carboxylic acids is 1. The summed E-state index contributed by atoms with van der Waals surface area (Å²) >= 11 is 0. The van der Waals surface area contributed by atoms with Crippen LogP contribution in [0.2, 0.25) is 0 Å². The van der Waals surface area contributed by atoms with E-state index in [0.29, 0.717) is 32.5 Å². The van der Waals surface area contributed by atoms with Gasteiger partial charge in [0.1, 0.15) is 18.2 Å². The summed E-state index contributed by atoms with van der Waals surface area (Å²) in [4.78, 5) is 12.6. The van der Waals surface area contributed by atoms with Crippen molar-refractivity contribution in [2.45, 2.75) is 31.6 Å². The topological polar surface area (TPSA) is 75.7 Å². The zero-order valence-corrected chi connectivity index (χ0v) is 18.0. The predicted molar refractivity (Wildman–Crippen MR) is 112 cm³/mol. The first-order chi connectivity index (χ1) is 14.3. The van der Waals surface area contributed by atoms with E-state index < -0.39 is 21.8 Å². The highest BCUT2D eigenvalue weighted by molar-refractivity contribution is 7.89. The fraction of sp³-hybridized carbons (Fsp3) is 0.409. The molecule has 162 valence electrons. The van der Waals surface area contributed by atoms with E-state index in [1.165, 1.54) is 16.4 Å². The van der Waals surface area contributed by atoms with Gasteiger partial charge in [-0.15, -0.1) is 0 Å². The van der Waals surface area contributed by atoms with Crippen LogP contribution in [0.25, 0.3) is 0 Å². The molecule has 1 fully saturated rings. The molecule has 0 saturated carbocycles. The van der Waals surface area contributed by atoms with E-state index in [-0.39, 0.29) is 17.3 Å². The second-order valence-corrected chi connectivity index (χ2v) is 9.50. The van der Waals surface area contributed by atoms with Crippen LogP contribution in [0.15, 0.2) is 47.4 Å². The molecule has 3 rings (SSSR count). The third-order valence-electron chi connectivity index (χ3n) is 5.20. The first-order valence-electron chi connectivity index (χ1n) is 10.0. The number of hydrogen-bond donors (Lipinski definition) is 1. The molecule has 1 N–H and O–H groups in total. The number of aryl methyl sites for hydroxylation is 2. The van der Waals surface area contributed by atoms with Crippen molar-refractivity contribution in [1.29, 1.82) is 0 Å². The summed E-state index contributed by atoms with van der Waals surface area (Å²) in [6.07, 6.45) is 1.22. The van der Waals surface area contributed by atoms with Crippen LogP contribution < -0.4 is 10.1 Å². The Kier molecular flexibility index (Phi) is 7.10. The van der Waals surface area contributed by atoms with Crippen LogP contribution >= 0.6 is 0 Å². The van der Waals surface area contributed by atoms with Gasteiger partial charge < -0.3 is 10.1 Å². The number of piperidine rings is 1. The van der Waals surface area contributed by atoms with Gasteiger partial charge in [-0.25, -0.2) is 12.8 Å². The molecule has 0 aliphatic carbocycles. The van der Waals surface area contributed by atoms with Crippen LogP contribution in [0.1, 0.15) is 24.0 Å². The van der Waals surface area contributed by atoms with Gasteiger partial charge in [-0.05, 0) is 62.6 Å². The van der Waals surface area contributed by atoms with Gasteiger partial charge in [0.05, 0.1) is 17.4 Å². The molecule has 6 nitrogen and oxygen atoms in total. The summed E-state index contributed by atoms with van der Waals surface area (Å²) in [5.41, 5.74) is 2.20. The molecule has 8 heteroatoms. The van der Waals surface area contributed by atoms with Gasteiger partial charge in [0, 0.05) is 13.1 Å². The van der Waals surface area contributed by atoms with Crippen molar-refractivity contribution >= 4 is 15.9 Å². The highest BCUT2D eigenvalue weighted by Crippen LogP contribution is 2.24. The summed E-state index contributed by atoms with van der Waals surface area (Å²) in [7, 11) is -3.75. The normalized spacial score (nSPS) is 17.5. The Bertz CT molecular complexity index is 993. The number of sulfonamides is 1. The minimum absolute atomic E-state index is 0.0341. The van der Waals surface area contributed by atoms with E-state index >= 15 is 0 Å². The lowest BCUT2D eigenvalue weighted by atomic mass is 9.99. The first kappa shape index (κ1) is 22.2. The molecule has 2 aromatic rings. The third kappa shape index (κ3) is 5.37. The molecule has 0 spiro atoms. The minimum atomic E-state index is -3.75. The fourth-order valence-corrected chi connectivity index (χ4v) is 5.10. The molecule has 1 aliphatic rings. The molecular weight excluding hydrogens is 407 g/mol. The Morgan fingerprint density at radius 3 is 2.63 bits per heavy atom. The standard InChI is InChI=1S/C22H27FN2O4S/c1-16-5-10-21(17(2)14-16)29-13-11-24-22(26)18-4-3-12-25(15-18)30(27,28)20-8-6-19(23)7-9-20/h5-10,14,18H,3-4,11-13,15H2,1-2H3,(H,24,26). The summed E-state index contributed by atoms with van der Waals surface area (Å²) < 4.78 is 45.7. The monoisotopic (exact) mass is 434 g/mol. The lowest BCUT2D eigenvalue weighted by molar-refractivity contribution is -0.126. The van der Waals surface area contributed by atoms with Crippen molar-refractivity contribution < 1.29 is 22.3 Å². The summed E-state index contributed by atoms with van der Waals surface area (Å²) in [6, 6.07) is 10.7. The van der Waals surface area contributed by atoms with Gasteiger partial charge >= 0.3 is 0 Å².